The molecule has 6 heteroatoms. The average molecular weight is 571 g/mol. The molecule has 0 bridgehead atoms. The monoisotopic (exact) mass is 570 g/mol. The van der Waals surface area contributed by atoms with E-state index in [1.165, 1.54) is 22.3 Å². The van der Waals surface area contributed by atoms with E-state index in [-0.39, 0.29) is 24.3 Å². The third-order valence-corrected chi connectivity index (χ3v) is 6.75. The molecule has 0 aliphatic rings. The van der Waals surface area contributed by atoms with E-state index >= 15 is 0 Å². The van der Waals surface area contributed by atoms with Gasteiger partial charge in [0.2, 0.25) is 0 Å². The second-order valence-corrected chi connectivity index (χ2v) is 12.3. The van der Waals surface area contributed by atoms with Crippen molar-refractivity contribution in [2.24, 2.45) is 0 Å². The molecule has 0 amide bonds. The fourth-order valence-corrected chi connectivity index (χ4v) is 4.86. The molecular formula is C34H56AlFN2O2. The molecule has 0 radical (unpaired) electrons. The zero-order valence-corrected chi connectivity index (χ0v) is 28.4. The minimum atomic E-state index is -0.299. The van der Waals surface area contributed by atoms with Crippen molar-refractivity contribution in [2.45, 2.75) is 144 Å². The van der Waals surface area contributed by atoms with Gasteiger partial charge in [-0.05, 0) is 50.4 Å². The molecule has 2 aromatic carbocycles. The fraction of sp³-hybridized carbons (Fsp3) is 0.647. The fourth-order valence-electron chi connectivity index (χ4n) is 4.86. The topological polar surface area (TPSA) is 68.7 Å². The van der Waals surface area contributed by atoms with Gasteiger partial charge < -0.3 is 20.8 Å². The van der Waals surface area contributed by atoms with Crippen LogP contribution in [0.25, 0.3) is 10.6 Å². The predicted molar refractivity (Wildman–Crippen MR) is 174 cm³/mol. The van der Waals surface area contributed by atoms with Gasteiger partial charge in [0.1, 0.15) is 0 Å². The Kier molecular flexibility index (Phi) is 18.8. The van der Waals surface area contributed by atoms with E-state index < -0.39 is 0 Å². The van der Waals surface area contributed by atoms with Gasteiger partial charge in [-0.3, -0.25) is 0 Å². The quantitative estimate of drug-likeness (QED) is 0.249. The minimum absolute atomic E-state index is 0.150. The SMILES string of the molecule is CC(O)CC(C)[N-]c1c(C(C)C)cccc1C(C)C.CC(O)CC(C)[N-]c1c(C(C)C)cccc1C(C)C.[F][Al+2]. The number of halogens is 1. The van der Waals surface area contributed by atoms with Crippen LogP contribution >= 0.6 is 0 Å². The maximum absolute atomic E-state index is 9.50. The molecule has 0 fully saturated rings. The standard InChI is InChI=1S/2C17H28NO.Al.FH/c2*1-11(2)15-8-7-9-16(12(3)4)17(15)18-13(5)10-14(6)19;;/h2*7-9,11-14,19H,10H2,1-6H3;;1H/q2*-1;+3;/p-1. The summed E-state index contributed by atoms with van der Waals surface area (Å²) in [6.45, 7) is 25.5. The summed E-state index contributed by atoms with van der Waals surface area (Å²) in [6.07, 6.45) is 0.827. The number of aliphatic hydroxyl groups is 2. The van der Waals surface area contributed by atoms with Gasteiger partial charge in [-0.15, -0.1) is 23.5 Å². The first-order chi connectivity index (χ1) is 18.6. The second kappa shape index (κ2) is 19.5. The molecule has 4 unspecified atom stereocenters. The number of benzene rings is 2. The number of para-hydroxylation sites is 2. The Labute approximate surface area is 254 Å². The molecule has 2 aromatic rings. The van der Waals surface area contributed by atoms with Gasteiger partial charge in [0.05, 0.1) is 0 Å². The molecule has 0 saturated carbocycles. The van der Waals surface area contributed by atoms with E-state index in [4.69, 9.17) is 10.6 Å². The van der Waals surface area contributed by atoms with Crippen LogP contribution in [-0.2, 0) is 0 Å². The molecule has 0 spiro atoms. The third-order valence-electron chi connectivity index (χ3n) is 6.75. The Morgan fingerprint density at radius 2 is 0.750 bits per heavy atom. The number of hydrogen-bond donors (Lipinski definition) is 2. The van der Waals surface area contributed by atoms with Crippen LogP contribution in [0.5, 0.6) is 0 Å². The first-order valence-electron chi connectivity index (χ1n) is 14.9. The van der Waals surface area contributed by atoms with Crippen molar-refractivity contribution in [1.82, 2.24) is 0 Å². The van der Waals surface area contributed by atoms with Crippen LogP contribution in [0.1, 0.15) is 142 Å². The molecule has 0 aliphatic heterocycles. The van der Waals surface area contributed by atoms with Crippen molar-refractivity contribution in [3.63, 3.8) is 0 Å². The summed E-state index contributed by atoms with van der Waals surface area (Å²) >= 11 is 0.917. The van der Waals surface area contributed by atoms with Crippen LogP contribution in [0.2, 0.25) is 0 Å². The van der Waals surface area contributed by atoms with E-state index in [9.17, 15) is 13.7 Å². The number of rotatable bonds is 12. The van der Waals surface area contributed by atoms with Crippen molar-refractivity contribution >= 4 is 28.1 Å². The molecule has 0 heterocycles. The van der Waals surface area contributed by atoms with Crippen LogP contribution in [0, 0.1) is 0 Å². The Balaban J connectivity index is 0.000000716. The van der Waals surface area contributed by atoms with E-state index in [1.807, 2.05) is 13.8 Å². The van der Waals surface area contributed by atoms with Gasteiger partial charge in [0.15, 0.2) is 0 Å². The zero-order valence-electron chi connectivity index (χ0n) is 27.2. The van der Waals surface area contributed by atoms with Crippen molar-refractivity contribution in [1.29, 1.82) is 0 Å². The summed E-state index contributed by atoms with van der Waals surface area (Å²) in [5, 5.41) is 28.8. The van der Waals surface area contributed by atoms with Gasteiger partial charge in [-0.2, -0.15) is 0 Å². The van der Waals surface area contributed by atoms with Crippen molar-refractivity contribution in [2.75, 3.05) is 0 Å². The Morgan fingerprint density at radius 1 is 0.525 bits per heavy atom. The van der Waals surface area contributed by atoms with Gasteiger partial charge in [0, 0.05) is 12.2 Å². The average Bonchev–Trinajstić information content (AvgIpc) is 2.84. The molecule has 0 aliphatic carbocycles. The van der Waals surface area contributed by atoms with Crippen LogP contribution in [-0.4, -0.2) is 51.3 Å². The summed E-state index contributed by atoms with van der Waals surface area (Å²) in [5.74, 6) is 1.87. The zero-order chi connectivity index (χ0) is 31.2. The molecule has 2 N–H and O–H groups in total. The normalized spacial score (nSPS) is 14.2. The Morgan fingerprint density at radius 3 is 0.925 bits per heavy atom. The Bertz CT molecular complexity index is 831. The number of hydrogen-bond acceptors (Lipinski definition) is 2. The summed E-state index contributed by atoms with van der Waals surface area (Å²) < 4.78 is 9.42. The van der Waals surface area contributed by atoms with Gasteiger partial charge in [-0.1, -0.05) is 128 Å². The first kappa shape index (κ1) is 38.4. The summed E-state index contributed by atoms with van der Waals surface area (Å²) in [5.41, 5.74) is 7.51. The molecule has 40 heavy (non-hydrogen) atoms. The molecule has 0 aromatic heterocycles. The predicted octanol–water partition coefficient (Wildman–Crippen LogP) is 10.2. The van der Waals surface area contributed by atoms with E-state index in [0.29, 0.717) is 36.5 Å². The first-order valence-corrected chi connectivity index (χ1v) is 15.3. The summed E-state index contributed by atoms with van der Waals surface area (Å²) in [6, 6.07) is 13.2. The number of aliphatic hydroxyl groups excluding tert-OH is 2. The van der Waals surface area contributed by atoms with E-state index in [1.54, 1.807) is 0 Å². The van der Waals surface area contributed by atoms with E-state index in [2.05, 4.69) is 106 Å². The number of nitrogens with zero attached hydrogens (tertiary/aromatic N) is 2. The molecular weight excluding hydrogens is 514 g/mol. The summed E-state index contributed by atoms with van der Waals surface area (Å²) in [7, 11) is 0. The Hall–Kier alpha value is -1.58. The van der Waals surface area contributed by atoms with Crippen LogP contribution in [0.4, 0.5) is 14.9 Å². The van der Waals surface area contributed by atoms with Gasteiger partial charge >= 0.3 is 20.3 Å². The third kappa shape index (κ3) is 13.4. The summed E-state index contributed by atoms with van der Waals surface area (Å²) in [4.78, 5) is 0. The van der Waals surface area contributed by atoms with E-state index in [0.717, 1.165) is 28.1 Å². The van der Waals surface area contributed by atoms with Crippen molar-refractivity contribution in [3.05, 3.63) is 69.3 Å². The molecule has 224 valence electrons. The molecule has 4 atom stereocenters. The van der Waals surface area contributed by atoms with Crippen molar-refractivity contribution in [3.8, 4) is 0 Å². The van der Waals surface area contributed by atoms with Crippen LogP contribution in [0.3, 0.4) is 0 Å². The second-order valence-electron chi connectivity index (χ2n) is 12.3. The van der Waals surface area contributed by atoms with Crippen molar-refractivity contribution < 1.29 is 13.7 Å². The van der Waals surface area contributed by atoms with Crippen LogP contribution < -0.4 is 0 Å². The molecule has 0 saturated heterocycles. The molecule has 4 nitrogen and oxygen atoms in total. The maximum atomic E-state index is 9.50. The van der Waals surface area contributed by atoms with Gasteiger partial charge in [0.25, 0.3) is 0 Å². The van der Waals surface area contributed by atoms with Gasteiger partial charge in [-0.25, -0.2) is 0 Å². The van der Waals surface area contributed by atoms with Crippen LogP contribution in [0.15, 0.2) is 36.4 Å². The molecule has 2 rings (SSSR count).